The van der Waals surface area contributed by atoms with Crippen molar-refractivity contribution in [2.24, 2.45) is 0 Å². The van der Waals surface area contributed by atoms with Crippen LogP contribution in [0.4, 0.5) is 17.6 Å². The zero-order valence-corrected chi connectivity index (χ0v) is 22.5. The lowest BCUT2D eigenvalue weighted by molar-refractivity contribution is -0.136. The van der Waals surface area contributed by atoms with Crippen LogP contribution in [0, 0.1) is 12.7 Å². The molecule has 8 nitrogen and oxygen atoms in total. The van der Waals surface area contributed by atoms with E-state index in [4.69, 9.17) is 9.47 Å². The summed E-state index contributed by atoms with van der Waals surface area (Å²) in [6, 6.07) is 10.0. The molecule has 0 aliphatic rings. The summed E-state index contributed by atoms with van der Waals surface area (Å²) in [4.78, 5) is 12.9. The Labute approximate surface area is 229 Å². The SMILES string of the molecule is COc1cnc2c(-c3nc4c(C(F)(F)F)cc(OCCNS(=O)(=O)c5ccc(F)cc5)cc4s3)cc(C)cc2n1. The molecule has 40 heavy (non-hydrogen) atoms. The quantitative estimate of drug-likeness (QED) is 0.181. The molecule has 0 fully saturated rings. The van der Waals surface area contributed by atoms with Gasteiger partial charge in [0.1, 0.15) is 23.2 Å². The number of benzene rings is 3. The Morgan fingerprint density at radius 1 is 1.02 bits per heavy atom. The topological polar surface area (TPSA) is 103 Å². The number of halogens is 4. The van der Waals surface area contributed by atoms with E-state index in [1.54, 1.807) is 12.1 Å². The summed E-state index contributed by atoms with van der Waals surface area (Å²) in [5.41, 5.74) is 1.08. The summed E-state index contributed by atoms with van der Waals surface area (Å²) in [7, 11) is -2.50. The highest BCUT2D eigenvalue weighted by Crippen LogP contribution is 2.42. The van der Waals surface area contributed by atoms with Crippen LogP contribution >= 0.6 is 11.3 Å². The minimum atomic E-state index is -4.73. The van der Waals surface area contributed by atoms with E-state index in [0.717, 1.165) is 47.2 Å². The fourth-order valence-electron chi connectivity index (χ4n) is 3.97. The molecule has 0 spiro atoms. The number of aryl methyl sites for hydroxylation is 1. The number of rotatable bonds is 8. The molecule has 0 amide bonds. The lowest BCUT2D eigenvalue weighted by Crippen LogP contribution is -2.28. The summed E-state index contributed by atoms with van der Waals surface area (Å²) in [6.45, 7) is 1.34. The van der Waals surface area contributed by atoms with Crippen LogP contribution in [-0.2, 0) is 16.2 Å². The van der Waals surface area contributed by atoms with Gasteiger partial charge in [0.05, 0.1) is 45.0 Å². The molecule has 0 aliphatic heterocycles. The molecule has 14 heteroatoms. The number of fused-ring (bicyclic) bond motifs is 2. The molecule has 0 saturated carbocycles. The summed E-state index contributed by atoms with van der Waals surface area (Å²) >= 11 is 1.04. The Balaban J connectivity index is 1.44. The van der Waals surface area contributed by atoms with Crippen molar-refractivity contribution in [1.82, 2.24) is 19.7 Å². The fraction of sp³-hybridized carbons (Fsp3) is 0.192. The van der Waals surface area contributed by atoms with Gasteiger partial charge in [0.25, 0.3) is 0 Å². The van der Waals surface area contributed by atoms with Crippen LogP contribution in [0.1, 0.15) is 11.1 Å². The second kappa shape index (κ2) is 10.6. The maximum atomic E-state index is 14.0. The molecule has 0 aliphatic carbocycles. The summed E-state index contributed by atoms with van der Waals surface area (Å²) in [6.07, 6.45) is -3.30. The van der Waals surface area contributed by atoms with E-state index < -0.39 is 27.6 Å². The second-order valence-electron chi connectivity index (χ2n) is 8.63. The third kappa shape index (κ3) is 5.69. The molecule has 5 aromatic rings. The molecule has 2 aromatic heterocycles. The molecule has 0 bridgehead atoms. The van der Waals surface area contributed by atoms with Gasteiger partial charge in [0, 0.05) is 12.1 Å². The smallest absolute Gasteiger partial charge is 0.418 e. The van der Waals surface area contributed by atoms with E-state index in [2.05, 4.69) is 19.7 Å². The third-order valence-electron chi connectivity index (χ3n) is 5.77. The second-order valence-corrected chi connectivity index (χ2v) is 11.4. The highest BCUT2D eigenvalue weighted by molar-refractivity contribution is 7.89. The maximum absolute atomic E-state index is 14.0. The molecule has 0 saturated heterocycles. The van der Waals surface area contributed by atoms with Crippen LogP contribution in [0.15, 0.2) is 59.6 Å². The fourth-order valence-corrected chi connectivity index (χ4v) is 6.02. The predicted molar refractivity (Wildman–Crippen MR) is 142 cm³/mol. The monoisotopic (exact) mass is 592 g/mol. The van der Waals surface area contributed by atoms with Crippen molar-refractivity contribution in [2.75, 3.05) is 20.3 Å². The molecule has 2 heterocycles. The van der Waals surface area contributed by atoms with Gasteiger partial charge in [0.15, 0.2) is 0 Å². The third-order valence-corrected chi connectivity index (χ3v) is 8.28. The number of ether oxygens (including phenoxy) is 2. The number of alkyl halides is 3. The van der Waals surface area contributed by atoms with Crippen LogP contribution in [0.2, 0.25) is 0 Å². The van der Waals surface area contributed by atoms with Gasteiger partial charge in [-0.25, -0.2) is 32.5 Å². The number of hydrogen-bond donors (Lipinski definition) is 1. The van der Waals surface area contributed by atoms with Gasteiger partial charge in [-0.15, -0.1) is 11.3 Å². The van der Waals surface area contributed by atoms with E-state index in [-0.39, 0.29) is 34.0 Å². The van der Waals surface area contributed by atoms with Gasteiger partial charge < -0.3 is 9.47 Å². The van der Waals surface area contributed by atoms with Crippen LogP contribution in [0.3, 0.4) is 0 Å². The first-order valence-electron chi connectivity index (χ1n) is 11.7. The van der Waals surface area contributed by atoms with Crippen molar-refractivity contribution in [3.05, 3.63) is 71.7 Å². The van der Waals surface area contributed by atoms with Crippen molar-refractivity contribution >= 4 is 42.6 Å². The van der Waals surface area contributed by atoms with E-state index in [0.29, 0.717) is 27.5 Å². The van der Waals surface area contributed by atoms with Crippen LogP contribution in [-0.4, -0.2) is 43.6 Å². The summed E-state index contributed by atoms with van der Waals surface area (Å²) < 4.78 is 93.0. The number of sulfonamides is 1. The first-order valence-corrected chi connectivity index (χ1v) is 14.0. The number of nitrogens with one attached hydrogen (secondary N) is 1. The average Bonchev–Trinajstić information content (AvgIpc) is 3.33. The Bertz CT molecular complexity index is 1830. The standard InChI is InChI=1S/C26H20F4N4O4S2/c1-14-9-18(23-20(10-14)33-22(37-2)13-31-23)25-34-24-19(26(28,29)30)11-16(12-21(24)39-25)38-8-7-32-40(35,36)17-5-3-15(27)4-6-17/h3-6,9-13,32H,7-8H2,1-2H3. The molecule has 5 rings (SSSR count). The van der Waals surface area contributed by atoms with Crippen molar-refractivity contribution < 1.29 is 35.5 Å². The van der Waals surface area contributed by atoms with E-state index >= 15 is 0 Å². The minimum absolute atomic E-state index is 0.102. The normalized spacial score (nSPS) is 12.2. The number of aromatic nitrogens is 3. The first-order chi connectivity index (χ1) is 18.9. The summed E-state index contributed by atoms with van der Waals surface area (Å²) in [5.74, 6) is -0.391. The predicted octanol–water partition coefficient (Wildman–Crippen LogP) is 5.74. The maximum Gasteiger partial charge on any atom is 0.418 e. The molecule has 3 aromatic carbocycles. The van der Waals surface area contributed by atoms with Crippen LogP contribution in [0.25, 0.3) is 31.8 Å². The first kappa shape index (κ1) is 27.7. The number of thiazole rings is 1. The van der Waals surface area contributed by atoms with Gasteiger partial charge >= 0.3 is 6.18 Å². The highest BCUT2D eigenvalue weighted by Gasteiger charge is 2.35. The van der Waals surface area contributed by atoms with Crippen LogP contribution in [0.5, 0.6) is 11.6 Å². The van der Waals surface area contributed by atoms with Crippen molar-refractivity contribution in [3.8, 4) is 22.2 Å². The Hall–Kier alpha value is -3.88. The number of nitrogens with zero attached hydrogens (tertiary/aromatic N) is 3. The molecular weight excluding hydrogens is 572 g/mol. The number of hydrogen-bond acceptors (Lipinski definition) is 8. The van der Waals surface area contributed by atoms with Gasteiger partial charge in [0.2, 0.25) is 15.9 Å². The van der Waals surface area contributed by atoms with Crippen LogP contribution < -0.4 is 14.2 Å². The van der Waals surface area contributed by atoms with E-state index in [1.165, 1.54) is 19.4 Å². The number of methoxy groups -OCH3 is 1. The molecule has 0 unspecified atom stereocenters. The Morgan fingerprint density at radius 2 is 1.77 bits per heavy atom. The lowest BCUT2D eigenvalue weighted by Gasteiger charge is -2.12. The van der Waals surface area contributed by atoms with Crippen molar-refractivity contribution in [2.45, 2.75) is 18.0 Å². The summed E-state index contributed by atoms with van der Waals surface area (Å²) in [5, 5.41) is 0.317. The molecular formula is C26H20F4N4O4S2. The molecule has 0 atom stereocenters. The van der Waals surface area contributed by atoms with Crippen molar-refractivity contribution in [1.29, 1.82) is 0 Å². The van der Waals surface area contributed by atoms with Gasteiger partial charge in [-0.1, -0.05) is 0 Å². The minimum Gasteiger partial charge on any atom is -0.492 e. The Kier molecular flexibility index (Phi) is 7.33. The molecule has 208 valence electrons. The zero-order chi connectivity index (χ0) is 28.7. The van der Waals surface area contributed by atoms with Gasteiger partial charge in [-0.2, -0.15) is 13.2 Å². The largest absolute Gasteiger partial charge is 0.492 e. The van der Waals surface area contributed by atoms with Gasteiger partial charge in [-0.3, -0.25) is 0 Å². The van der Waals surface area contributed by atoms with Gasteiger partial charge in [-0.05, 0) is 61.0 Å². The zero-order valence-electron chi connectivity index (χ0n) is 20.9. The lowest BCUT2D eigenvalue weighted by atomic mass is 10.1. The molecule has 0 radical (unpaired) electrons. The van der Waals surface area contributed by atoms with Crippen molar-refractivity contribution in [3.63, 3.8) is 0 Å². The van der Waals surface area contributed by atoms with E-state index in [1.807, 2.05) is 6.92 Å². The van der Waals surface area contributed by atoms with E-state index in [9.17, 15) is 26.0 Å². The molecule has 1 N–H and O–H groups in total. The Morgan fingerprint density at radius 3 is 2.48 bits per heavy atom. The highest BCUT2D eigenvalue weighted by atomic mass is 32.2. The average molecular weight is 593 g/mol.